The van der Waals surface area contributed by atoms with Crippen molar-refractivity contribution in [2.75, 3.05) is 12.4 Å². The smallest absolute Gasteiger partial charge is 0.255 e. The molecule has 0 radical (unpaired) electrons. The van der Waals surface area contributed by atoms with Crippen molar-refractivity contribution >= 4 is 23.5 Å². The zero-order valence-corrected chi connectivity index (χ0v) is 14.2. The fraction of sp³-hybridized carbons (Fsp3) is 0.0476. The molecule has 0 saturated carbocycles. The summed E-state index contributed by atoms with van der Waals surface area (Å²) in [6.45, 7) is 0. The zero-order valence-electron chi connectivity index (χ0n) is 14.2. The number of para-hydroxylation sites is 1. The molecule has 0 aliphatic carbocycles. The molecule has 3 aromatic rings. The van der Waals surface area contributed by atoms with Gasteiger partial charge in [0.15, 0.2) is 11.5 Å². The summed E-state index contributed by atoms with van der Waals surface area (Å²) in [6.07, 6.45) is 1.55. The summed E-state index contributed by atoms with van der Waals surface area (Å²) >= 11 is 0. The molecule has 3 aromatic carbocycles. The second kappa shape index (κ2) is 7.98. The Labute approximate surface area is 151 Å². The molecule has 130 valence electrons. The standard InChI is InChI=1S/C21H18N2O3/c1-26-19-12-5-9-16(20(19)24)14-22-17-10-6-11-18(13-17)23-21(25)15-7-3-2-4-8-15/h2-14,24H,1H3,(H,23,25). The number of carbonyl (C=O) groups excluding carboxylic acids is 1. The number of carbonyl (C=O) groups is 1. The summed E-state index contributed by atoms with van der Waals surface area (Å²) < 4.78 is 5.08. The van der Waals surface area contributed by atoms with Crippen molar-refractivity contribution in [1.29, 1.82) is 0 Å². The number of benzene rings is 3. The molecule has 0 saturated heterocycles. The van der Waals surface area contributed by atoms with Crippen LogP contribution in [-0.4, -0.2) is 24.3 Å². The van der Waals surface area contributed by atoms with Gasteiger partial charge in [0.1, 0.15) is 0 Å². The number of anilines is 1. The number of amides is 1. The van der Waals surface area contributed by atoms with E-state index in [1.807, 2.05) is 24.3 Å². The van der Waals surface area contributed by atoms with Crippen molar-refractivity contribution in [3.63, 3.8) is 0 Å². The predicted molar refractivity (Wildman–Crippen MR) is 103 cm³/mol. The molecule has 1 amide bonds. The van der Waals surface area contributed by atoms with Gasteiger partial charge in [-0.15, -0.1) is 0 Å². The number of methoxy groups -OCH3 is 1. The zero-order chi connectivity index (χ0) is 18.4. The number of ether oxygens (including phenoxy) is 1. The predicted octanol–water partition coefficient (Wildman–Crippen LogP) is 4.40. The molecule has 0 aromatic heterocycles. The van der Waals surface area contributed by atoms with Crippen LogP contribution < -0.4 is 10.1 Å². The third-order valence-corrected chi connectivity index (χ3v) is 3.74. The van der Waals surface area contributed by atoms with Crippen LogP contribution in [0.1, 0.15) is 15.9 Å². The van der Waals surface area contributed by atoms with Crippen LogP contribution in [0.2, 0.25) is 0 Å². The summed E-state index contributed by atoms with van der Waals surface area (Å²) in [7, 11) is 1.49. The van der Waals surface area contributed by atoms with Gasteiger partial charge in [0.05, 0.1) is 12.8 Å². The number of hydrogen-bond acceptors (Lipinski definition) is 4. The Balaban J connectivity index is 1.76. The molecule has 0 aliphatic rings. The molecule has 3 rings (SSSR count). The van der Waals surface area contributed by atoms with Crippen molar-refractivity contribution in [3.8, 4) is 11.5 Å². The Bertz CT molecular complexity index is 937. The number of phenolic OH excluding ortho intramolecular Hbond substituents is 1. The summed E-state index contributed by atoms with van der Waals surface area (Å²) in [6, 6.07) is 21.4. The summed E-state index contributed by atoms with van der Waals surface area (Å²) in [4.78, 5) is 16.6. The van der Waals surface area contributed by atoms with Gasteiger partial charge in [-0.25, -0.2) is 0 Å². The normalized spacial score (nSPS) is 10.7. The van der Waals surface area contributed by atoms with Crippen molar-refractivity contribution in [2.45, 2.75) is 0 Å². The van der Waals surface area contributed by atoms with Crippen LogP contribution in [0.25, 0.3) is 0 Å². The van der Waals surface area contributed by atoms with Crippen LogP contribution in [0.15, 0.2) is 77.8 Å². The van der Waals surface area contributed by atoms with Crippen molar-refractivity contribution in [3.05, 3.63) is 83.9 Å². The highest BCUT2D eigenvalue weighted by atomic mass is 16.5. The number of hydrogen-bond donors (Lipinski definition) is 2. The monoisotopic (exact) mass is 346 g/mol. The maximum Gasteiger partial charge on any atom is 0.255 e. The van der Waals surface area contributed by atoms with E-state index in [4.69, 9.17) is 4.74 Å². The van der Waals surface area contributed by atoms with E-state index in [0.29, 0.717) is 28.3 Å². The highest BCUT2D eigenvalue weighted by molar-refractivity contribution is 6.04. The van der Waals surface area contributed by atoms with Crippen LogP contribution in [-0.2, 0) is 0 Å². The van der Waals surface area contributed by atoms with E-state index in [1.165, 1.54) is 7.11 Å². The van der Waals surface area contributed by atoms with E-state index in [2.05, 4.69) is 10.3 Å². The molecule has 0 aliphatic heterocycles. The maximum absolute atomic E-state index is 12.2. The lowest BCUT2D eigenvalue weighted by atomic mass is 10.2. The highest BCUT2D eigenvalue weighted by Crippen LogP contribution is 2.28. The third-order valence-electron chi connectivity index (χ3n) is 3.74. The summed E-state index contributed by atoms with van der Waals surface area (Å²) in [5, 5.41) is 12.9. The number of nitrogens with zero attached hydrogens (tertiary/aromatic N) is 1. The van der Waals surface area contributed by atoms with Gasteiger partial charge in [0.2, 0.25) is 0 Å². The van der Waals surface area contributed by atoms with E-state index in [-0.39, 0.29) is 11.7 Å². The first-order chi connectivity index (χ1) is 12.7. The van der Waals surface area contributed by atoms with Crippen LogP contribution in [0, 0.1) is 0 Å². The van der Waals surface area contributed by atoms with Gasteiger partial charge in [0.25, 0.3) is 5.91 Å². The molecule has 0 fully saturated rings. The molecule has 5 heteroatoms. The molecular formula is C21H18N2O3. The van der Waals surface area contributed by atoms with E-state index in [1.54, 1.807) is 54.7 Å². The Morgan fingerprint density at radius 2 is 1.81 bits per heavy atom. The van der Waals surface area contributed by atoms with Crippen molar-refractivity contribution in [1.82, 2.24) is 0 Å². The minimum absolute atomic E-state index is 0.0345. The number of nitrogens with one attached hydrogen (secondary N) is 1. The van der Waals surface area contributed by atoms with E-state index in [9.17, 15) is 9.90 Å². The number of phenols is 1. The lowest BCUT2D eigenvalue weighted by Crippen LogP contribution is -2.11. The molecule has 2 N–H and O–H groups in total. The van der Waals surface area contributed by atoms with Crippen LogP contribution in [0.4, 0.5) is 11.4 Å². The maximum atomic E-state index is 12.2. The van der Waals surface area contributed by atoms with Crippen molar-refractivity contribution in [2.24, 2.45) is 4.99 Å². The lowest BCUT2D eigenvalue weighted by molar-refractivity contribution is 0.102. The second-order valence-corrected chi connectivity index (χ2v) is 5.53. The molecule has 0 bridgehead atoms. The molecule has 0 heterocycles. The Morgan fingerprint density at radius 3 is 2.58 bits per heavy atom. The fourth-order valence-corrected chi connectivity index (χ4v) is 2.41. The van der Waals surface area contributed by atoms with Gasteiger partial charge >= 0.3 is 0 Å². The molecular weight excluding hydrogens is 328 g/mol. The van der Waals surface area contributed by atoms with Crippen LogP contribution >= 0.6 is 0 Å². The van der Waals surface area contributed by atoms with Gasteiger partial charge in [-0.2, -0.15) is 0 Å². The number of rotatable bonds is 5. The topological polar surface area (TPSA) is 70.9 Å². The van der Waals surface area contributed by atoms with Gasteiger partial charge in [-0.05, 0) is 42.5 Å². The van der Waals surface area contributed by atoms with Gasteiger partial charge in [0, 0.05) is 23.0 Å². The van der Waals surface area contributed by atoms with Gasteiger partial charge in [-0.3, -0.25) is 9.79 Å². The highest BCUT2D eigenvalue weighted by Gasteiger charge is 2.06. The lowest BCUT2D eigenvalue weighted by Gasteiger charge is -2.06. The number of aromatic hydroxyl groups is 1. The second-order valence-electron chi connectivity index (χ2n) is 5.53. The molecule has 0 unspecified atom stereocenters. The van der Waals surface area contributed by atoms with E-state index in [0.717, 1.165) is 0 Å². The fourth-order valence-electron chi connectivity index (χ4n) is 2.41. The quantitative estimate of drug-likeness (QED) is 0.673. The average molecular weight is 346 g/mol. The Hall–Kier alpha value is -3.60. The molecule has 26 heavy (non-hydrogen) atoms. The Morgan fingerprint density at radius 1 is 1.04 bits per heavy atom. The largest absolute Gasteiger partial charge is 0.504 e. The minimum Gasteiger partial charge on any atom is -0.504 e. The SMILES string of the molecule is COc1cccc(C=Nc2cccc(NC(=O)c3ccccc3)c2)c1O. The first kappa shape index (κ1) is 17.2. The van der Waals surface area contributed by atoms with E-state index < -0.39 is 0 Å². The summed E-state index contributed by atoms with van der Waals surface area (Å²) in [5.74, 6) is 0.238. The molecule has 5 nitrogen and oxygen atoms in total. The van der Waals surface area contributed by atoms with Gasteiger partial charge < -0.3 is 15.2 Å². The van der Waals surface area contributed by atoms with Gasteiger partial charge in [-0.1, -0.05) is 30.3 Å². The Kier molecular flexibility index (Phi) is 5.29. The molecule has 0 atom stereocenters. The average Bonchev–Trinajstić information content (AvgIpc) is 2.68. The van der Waals surface area contributed by atoms with E-state index >= 15 is 0 Å². The van der Waals surface area contributed by atoms with Crippen LogP contribution in [0.5, 0.6) is 11.5 Å². The molecule has 0 spiro atoms. The van der Waals surface area contributed by atoms with Crippen LogP contribution in [0.3, 0.4) is 0 Å². The number of aliphatic imine (C=N–C) groups is 1. The first-order valence-corrected chi connectivity index (χ1v) is 8.04. The summed E-state index contributed by atoms with van der Waals surface area (Å²) in [5.41, 5.74) is 2.42. The third kappa shape index (κ3) is 4.08. The minimum atomic E-state index is -0.183. The first-order valence-electron chi connectivity index (χ1n) is 8.04. The van der Waals surface area contributed by atoms with Crippen molar-refractivity contribution < 1.29 is 14.6 Å².